The van der Waals surface area contributed by atoms with Crippen LogP contribution in [0.15, 0.2) is 0 Å². The first-order chi connectivity index (χ1) is 8.32. The Hall–Kier alpha value is -0.120. The molecule has 0 aromatic carbocycles. The number of hydrogen-bond acceptors (Lipinski definition) is 3. The molecular weight excluding hydrogens is 222 g/mol. The average molecular weight is 257 g/mol. The Morgan fingerprint density at radius 3 is 2.22 bits per heavy atom. The van der Waals surface area contributed by atoms with Crippen LogP contribution in [-0.4, -0.2) is 56.1 Å². The Labute approximate surface area is 115 Å². The van der Waals surface area contributed by atoms with Crippen molar-refractivity contribution in [2.75, 3.05) is 40.3 Å². The van der Waals surface area contributed by atoms with E-state index in [4.69, 9.17) is 5.73 Å². The van der Waals surface area contributed by atoms with Gasteiger partial charge >= 0.3 is 0 Å². The van der Waals surface area contributed by atoms with Crippen LogP contribution < -0.4 is 5.73 Å². The molecule has 0 radical (unpaired) electrons. The number of unbranched alkanes of at least 4 members (excludes halogenated alkanes) is 1. The summed E-state index contributed by atoms with van der Waals surface area (Å²) >= 11 is 0. The largest absolute Gasteiger partial charge is 0.330 e. The van der Waals surface area contributed by atoms with Gasteiger partial charge in [-0.1, -0.05) is 27.2 Å². The van der Waals surface area contributed by atoms with Crippen molar-refractivity contribution in [2.24, 2.45) is 11.1 Å². The maximum atomic E-state index is 5.76. The van der Waals surface area contributed by atoms with Gasteiger partial charge in [0.25, 0.3) is 0 Å². The number of nitrogens with zero attached hydrogens (tertiary/aromatic N) is 2. The van der Waals surface area contributed by atoms with Crippen LogP contribution in [0.1, 0.15) is 47.0 Å². The van der Waals surface area contributed by atoms with Crippen LogP contribution in [0.25, 0.3) is 0 Å². The van der Waals surface area contributed by atoms with Gasteiger partial charge in [-0.3, -0.25) is 4.90 Å². The minimum Gasteiger partial charge on any atom is -0.330 e. The number of nitrogens with two attached hydrogens (primary N) is 1. The molecule has 0 aromatic heterocycles. The van der Waals surface area contributed by atoms with Crippen LogP contribution in [0, 0.1) is 5.41 Å². The van der Waals surface area contributed by atoms with Crippen molar-refractivity contribution in [3.63, 3.8) is 0 Å². The molecule has 1 unspecified atom stereocenters. The summed E-state index contributed by atoms with van der Waals surface area (Å²) in [4.78, 5) is 4.85. The molecule has 18 heavy (non-hydrogen) atoms. The Balaban J connectivity index is 3.87. The van der Waals surface area contributed by atoms with E-state index in [0.29, 0.717) is 11.5 Å². The first-order valence-electron chi connectivity index (χ1n) is 7.41. The van der Waals surface area contributed by atoms with Gasteiger partial charge in [0.05, 0.1) is 0 Å². The molecule has 2 N–H and O–H groups in total. The van der Waals surface area contributed by atoms with E-state index in [-0.39, 0.29) is 0 Å². The van der Waals surface area contributed by atoms with Gasteiger partial charge in [0.15, 0.2) is 0 Å². The highest BCUT2D eigenvalue weighted by Crippen LogP contribution is 2.21. The summed E-state index contributed by atoms with van der Waals surface area (Å²) in [7, 11) is 4.29. The van der Waals surface area contributed by atoms with E-state index in [9.17, 15) is 0 Å². The van der Waals surface area contributed by atoms with Crippen LogP contribution in [0.5, 0.6) is 0 Å². The van der Waals surface area contributed by atoms with E-state index in [1.807, 2.05) is 0 Å². The topological polar surface area (TPSA) is 32.5 Å². The molecule has 0 aliphatic rings. The van der Waals surface area contributed by atoms with E-state index in [1.54, 1.807) is 0 Å². The maximum absolute atomic E-state index is 5.76. The van der Waals surface area contributed by atoms with E-state index in [1.165, 1.54) is 25.8 Å². The van der Waals surface area contributed by atoms with Crippen LogP contribution >= 0.6 is 0 Å². The summed E-state index contributed by atoms with van der Waals surface area (Å²) in [5.41, 5.74) is 6.07. The Morgan fingerprint density at radius 2 is 1.78 bits per heavy atom. The minimum atomic E-state index is 0.312. The zero-order valence-electron chi connectivity index (χ0n) is 13.5. The molecule has 0 fully saturated rings. The molecule has 0 aromatic rings. The highest BCUT2D eigenvalue weighted by atomic mass is 15.2. The van der Waals surface area contributed by atoms with Crippen molar-refractivity contribution in [3.8, 4) is 0 Å². The van der Waals surface area contributed by atoms with E-state index in [0.717, 1.165) is 19.6 Å². The molecule has 0 aliphatic carbocycles. The van der Waals surface area contributed by atoms with Crippen molar-refractivity contribution in [1.29, 1.82) is 0 Å². The predicted molar refractivity (Wildman–Crippen MR) is 81.9 cm³/mol. The molecular formula is C15H35N3. The fraction of sp³-hybridized carbons (Fsp3) is 1.00. The van der Waals surface area contributed by atoms with Crippen LogP contribution in [0.2, 0.25) is 0 Å². The standard InChI is InChI=1S/C15H35N3/c1-7-18(14(2)12-17(5)6)11-9-8-10-15(3,4)13-16/h14H,7-13,16H2,1-6H3. The minimum absolute atomic E-state index is 0.312. The van der Waals surface area contributed by atoms with Gasteiger partial charge in [0.2, 0.25) is 0 Å². The molecule has 1 atom stereocenters. The number of rotatable bonds is 10. The van der Waals surface area contributed by atoms with Gasteiger partial charge in [-0.2, -0.15) is 0 Å². The second kappa shape index (κ2) is 8.89. The SMILES string of the molecule is CCN(CCCCC(C)(C)CN)C(C)CN(C)C. The highest BCUT2D eigenvalue weighted by Gasteiger charge is 2.16. The van der Waals surface area contributed by atoms with Crippen LogP contribution in [0.3, 0.4) is 0 Å². The smallest absolute Gasteiger partial charge is 0.0194 e. The first-order valence-corrected chi connectivity index (χ1v) is 7.41. The first kappa shape index (κ1) is 17.9. The summed E-state index contributed by atoms with van der Waals surface area (Å²) in [6.07, 6.45) is 3.81. The molecule has 0 rings (SSSR count). The van der Waals surface area contributed by atoms with Crippen LogP contribution in [0.4, 0.5) is 0 Å². The quantitative estimate of drug-likeness (QED) is 0.610. The molecule has 0 aliphatic heterocycles. The van der Waals surface area contributed by atoms with Gasteiger partial charge in [-0.25, -0.2) is 0 Å². The van der Waals surface area contributed by atoms with E-state index in [2.05, 4.69) is 51.6 Å². The lowest BCUT2D eigenvalue weighted by atomic mass is 9.87. The van der Waals surface area contributed by atoms with Crippen molar-refractivity contribution in [3.05, 3.63) is 0 Å². The van der Waals surface area contributed by atoms with Gasteiger partial charge in [-0.05, 0) is 58.9 Å². The van der Waals surface area contributed by atoms with Gasteiger partial charge in [0, 0.05) is 12.6 Å². The molecule has 0 bridgehead atoms. The third-order valence-electron chi connectivity index (χ3n) is 3.76. The fourth-order valence-electron chi connectivity index (χ4n) is 2.35. The number of likely N-dealkylation sites (N-methyl/N-ethyl adjacent to an activating group) is 2. The fourth-order valence-corrected chi connectivity index (χ4v) is 2.35. The Bertz CT molecular complexity index is 202. The maximum Gasteiger partial charge on any atom is 0.0194 e. The molecule has 3 nitrogen and oxygen atoms in total. The third-order valence-corrected chi connectivity index (χ3v) is 3.76. The molecule has 0 amide bonds. The van der Waals surface area contributed by atoms with Gasteiger partial charge < -0.3 is 10.6 Å². The van der Waals surface area contributed by atoms with Crippen molar-refractivity contribution in [1.82, 2.24) is 9.80 Å². The third kappa shape index (κ3) is 8.06. The van der Waals surface area contributed by atoms with Crippen molar-refractivity contribution >= 4 is 0 Å². The van der Waals surface area contributed by atoms with Gasteiger partial charge in [-0.15, -0.1) is 0 Å². The monoisotopic (exact) mass is 257 g/mol. The van der Waals surface area contributed by atoms with E-state index >= 15 is 0 Å². The summed E-state index contributed by atoms with van der Waals surface area (Å²) in [6.45, 7) is 13.4. The Kier molecular flexibility index (Phi) is 8.83. The summed E-state index contributed by atoms with van der Waals surface area (Å²) < 4.78 is 0. The average Bonchev–Trinajstić information content (AvgIpc) is 2.28. The zero-order chi connectivity index (χ0) is 14.2. The van der Waals surface area contributed by atoms with Gasteiger partial charge in [0.1, 0.15) is 0 Å². The number of hydrogen-bond donors (Lipinski definition) is 1. The Morgan fingerprint density at radius 1 is 1.17 bits per heavy atom. The molecule has 3 heteroatoms. The second-order valence-corrected chi connectivity index (χ2v) is 6.57. The lowest BCUT2D eigenvalue weighted by molar-refractivity contribution is 0.176. The van der Waals surface area contributed by atoms with Crippen molar-refractivity contribution in [2.45, 2.75) is 53.0 Å². The zero-order valence-corrected chi connectivity index (χ0v) is 13.5. The second-order valence-electron chi connectivity index (χ2n) is 6.57. The normalized spacial score (nSPS) is 14.5. The molecule has 0 saturated heterocycles. The van der Waals surface area contributed by atoms with Crippen molar-refractivity contribution < 1.29 is 0 Å². The summed E-state index contributed by atoms with van der Waals surface area (Å²) in [6, 6.07) is 0.646. The van der Waals surface area contributed by atoms with Crippen LogP contribution in [-0.2, 0) is 0 Å². The molecule has 0 spiro atoms. The molecule has 0 saturated carbocycles. The lowest BCUT2D eigenvalue weighted by Crippen LogP contribution is -2.40. The predicted octanol–water partition coefficient (Wildman–Crippen LogP) is 2.41. The molecule has 110 valence electrons. The lowest BCUT2D eigenvalue weighted by Gasteiger charge is -2.30. The highest BCUT2D eigenvalue weighted by molar-refractivity contribution is 4.71. The summed E-state index contributed by atoms with van der Waals surface area (Å²) in [5.74, 6) is 0. The van der Waals surface area contributed by atoms with E-state index < -0.39 is 0 Å². The molecule has 0 heterocycles. The summed E-state index contributed by atoms with van der Waals surface area (Å²) in [5, 5.41) is 0.